The summed E-state index contributed by atoms with van der Waals surface area (Å²) >= 11 is 0. The maximum Gasteiger partial charge on any atom is 0.275 e. The van der Waals surface area contributed by atoms with Gasteiger partial charge in [0.15, 0.2) is 0 Å². The molecule has 0 aromatic heterocycles. The van der Waals surface area contributed by atoms with Crippen LogP contribution in [0.25, 0.3) is 0 Å². The van der Waals surface area contributed by atoms with Gasteiger partial charge in [0.25, 0.3) is 5.91 Å². The fraction of sp³-hybridized carbons (Fsp3) is 0.0667. The molecule has 0 saturated heterocycles. The van der Waals surface area contributed by atoms with Gasteiger partial charge in [-0.25, -0.2) is 5.43 Å². The standard InChI is InChI=1S/C15H14N2O2/c1-19-14-10-6-5-9-13(14)15(18)17-16-11-12-7-3-2-4-8-12/h2-11H,1H3,(H,17,18)/b16-11-. The van der Waals surface area contributed by atoms with Crippen LogP contribution < -0.4 is 10.2 Å². The molecule has 0 radical (unpaired) electrons. The highest BCUT2D eigenvalue weighted by Gasteiger charge is 2.09. The van der Waals surface area contributed by atoms with Crippen molar-refractivity contribution < 1.29 is 9.53 Å². The van der Waals surface area contributed by atoms with Crippen LogP contribution in [0.5, 0.6) is 5.75 Å². The third-order valence-electron chi connectivity index (χ3n) is 2.53. The van der Waals surface area contributed by atoms with Gasteiger partial charge in [-0.15, -0.1) is 0 Å². The summed E-state index contributed by atoms with van der Waals surface area (Å²) in [4.78, 5) is 11.9. The highest BCUT2D eigenvalue weighted by Crippen LogP contribution is 2.16. The number of hydrazone groups is 1. The van der Waals surface area contributed by atoms with E-state index in [9.17, 15) is 4.79 Å². The molecule has 0 spiro atoms. The summed E-state index contributed by atoms with van der Waals surface area (Å²) in [6.07, 6.45) is 1.59. The minimum Gasteiger partial charge on any atom is -0.496 e. The summed E-state index contributed by atoms with van der Waals surface area (Å²) in [6, 6.07) is 16.5. The molecule has 2 rings (SSSR count). The maximum atomic E-state index is 11.9. The molecule has 1 N–H and O–H groups in total. The van der Waals surface area contributed by atoms with Gasteiger partial charge in [0.2, 0.25) is 0 Å². The van der Waals surface area contributed by atoms with Gasteiger partial charge >= 0.3 is 0 Å². The number of carbonyl (C=O) groups excluding carboxylic acids is 1. The average Bonchev–Trinajstić information content (AvgIpc) is 2.48. The van der Waals surface area contributed by atoms with E-state index in [4.69, 9.17) is 4.74 Å². The van der Waals surface area contributed by atoms with Crippen LogP contribution in [0, 0.1) is 0 Å². The molecule has 0 unspecified atom stereocenters. The van der Waals surface area contributed by atoms with Crippen molar-refractivity contribution >= 4 is 12.1 Å². The van der Waals surface area contributed by atoms with Gasteiger partial charge in [-0.2, -0.15) is 5.10 Å². The maximum absolute atomic E-state index is 11.9. The SMILES string of the molecule is COc1ccccc1C(=O)N/N=C\c1ccccc1. The van der Waals surface area contributed by atoms with E-state index >= 15 is 0 Å². The topological polar surface area (TPSA) is 50.7 Å². The normalized spacial score (nSPS) is 10.4. The molecular formula is C15H14N2O2. The van der Waals surface area contributed by atoms with Crippen LogP contribution in [0.2, 0.25) is 0 Å². The number of hydrogen-bond acceptors (Lipinski definition) is 3. The molecule has 2 aromatic rings. The Kier molecular flexibility index (Phi) is 4.29. The van der Waals surface area contributed by atoms with E-state index in [2.05, 4.69) is 10.5 Å². The number of nitrogens with zero attached hydrogens (tertiary/aromatic N) is 1. The number of para-hydroxylation sites is 1. The van der Waals surface area contributed by atoms with Crippen molar-refractivity contribution in [1.82, 2.24) is 5.43 Å². The van der Waals surface area contributed by atoms with Gasteiger partial charge in [-0.3, -0.25) is 4.79 Å². The summed E-state index contributed by atoms with van der Waals surface area (Å²) in [7, 11) is 1.53. The van der Waals surface area contributed by atoms with E-state index in [0.717, 1.165) is 5.56 Å². The number of benzene rings is 2. The molecule has 0 aliphatic rings. The Balaban J connectivity index is 2.04. The Labute approximate surface area is 111 Å². The van der Waals surface area contributed by atoms with Gasteiger partial charge in [0, 0.05) is 0 Å². The number of rotatable bonds is 4. The largest absolute Gasteiger partial charge is 0.496 e. The van der Waals surface area contributed by atoms with Gasteiger partial charge < -0.3 is 4.74 Å². The van der Waals surface area contributed by atoms with E-state index in [1.165, 1.54) is 7.11 Å². The first-order chi connectivity index (χ1) is 9.31. The summed E-state index contributed by atoms with van der Waals surface area (Å²) in [5.74, 6) is 0.222. The number of ether oxygens (including phenoxy) is 1. The number of amides is 1. The van der Waals surface area contributed by atoms with E-state index in [1.54, 1.807) is 24.4 Å². The third kappa shape index (κ3) is 3.42. The van der Waals surface area contributed by atoms with Gasteiger partial charge in [-0.05, 0) is 17.7 Å². The smallest absolute Gasteiger partial charge is 0.275 e. The zero-order valence-corrected chi connectivity index (χ0v) is 10.5. The Hall–Kier alpha value is -2.62. The lowest BCUT2D eigenvalue weighted by molar-refractivity contribution is 0.0952. The Morgan fingerprint density at radius 2 is 1.79 bits per heavy atom. The molecule has 4 heteroatoms. The first-order valence-corrected chi connectivity index (χ1v) is 5.83. The number of methoxy groups -OCH3 is 1. The minimum atomic E-state index is -0.301. The van der Waals surface area contributed by atoms with Crippen LogP contribution in [0.15, 0.2) is 59.7 Å². The third-order valence-corrected chi connectivity index (χ3v) is 2.53. The molecule has 19 heavy (non-hydrogen) atoms. The summed E-state index contributed by atoms with van der Waals surface area (Å²) in [5, 5.41) is 3.91. The van der Waals surface area contributed by atoms with Gasteiger partial charge in [0.05, 0.1) is 18.9 Å². The summed E-state index contributed by atoms with van der Waals surface area (Å²) in [6.45, 7) is 0. The van der Waals surface area contributed by atoms with Gasteiger partial charge in [-0.1, -0.05) is 42.5 Å². The predicted octanol–water partition coefficient (Wildman–Crippen LogP) is 2.46. The number of hydrogen-bond donors (Lipinski definition) is 1. The Morgan fingerprint density at radius 3 is 2.53 bits per heavy atom. The first kappa shape index (κ1) is 12.8. The second-order valence-corrected chi connectivity index (χ2v) is 3.81. The van der Waals surface area contributed by atoms with E-state index in [1.807, 2.05) is 36.4 Å². The second-order valence-electron chi connectivity index (χ2n) is 3.81. The summed E-state index contributed by atoms with van der Waals surface area (Å²) in [5.41, 5.74) is 3.85. The fourth-order valence-electron chi connectivity index (χ4n) is 1.60. The van der Waals surface area contributed by atoms with Crippen molar-refractivity contribution in [2.24, 2.45) is 5.10 Å². The second kappa shape index (κ2) is 6.35. The van der Waals surface area contributed by atoms with Crippen LogP contribution in [-0.2, 0) is 0 Å². The lowest BCUT2D eigenvalue weighted by atomic mass is 10.2. The van der Waals surface area contributed by atoms with E-state index in [-0.39, 0.29) is 5.91 Å². The highest BCUT2D eigenvalue weighted by molar-refractivity contribution is 5.97. The van der Waals surface area contributed by atoms with E-state index < -0.39 is 0 Å². The fourth-order valence-corrected chi connectivity index (χ4v) is 1.60. The van der Waals surface area contributed by atoms with Gasteiger partial charge in [0.1, 0.15) is 5.75 Å². The quantitative estimate of drug-likeness (QED) is 0.673. The molecule has 0 fully saturated rings. The number of nitrogens with one attached hydrogen (secondary N) is 1. The van der Waals surface area contributed by atoms with Crippen LogP contribution in [0.4, 0.5) is 0 Å². The Bertz CT molecular complexity index is 580. The molecule has 1 amide bonds. The molecule has 96 valence electrons. The predicted molar refractivity (Wildman–Crippen MR) is 74.5 cm³/mol. The van der Waals surface area contributed by atoms with Crippen molar-refractivity contribution in [2.75, 3.05) is 7.11 Å². The van der Waals surface area contributed by atoms with Crippen molar-refractivity contribution in [3.8, 4) is 5.75 Å². The number of carbonyl (C=O) groups is 1. The minimum absolute atomic E-state index is 0.301. The monoisotopic (exact) mass is 254 g/mol. The molecule has 0 aliphatic carbocycles. The Morgan fingerprint density at radius 1 is 1.11 bits per heavy atom. The lowest BCUT2D eigenvalue weighted by Crippen LogP contribution is -2.18. The zero-order chi connectivity index (χ0) is 13.5. The van der Waals surface area contributed by atoms with Crippen molar-refractivity contribution in [2.45, 2.75) is 0 Å². The van der Waals surface area contributed by atoms with Crippen LogP contribution in [-0.4, -0.2) is 19.2 Å². The molecule has 0 bridgehead atoms. The molecule has 0 aliphatic heterocycles. The molecule has 2 aromatic carbocycles. The molecule has 0 atom stereocenters. The first-order valence-electron chi connectivity index (χ1n) is 5.83. The van der Waals surface area contributed by atoms with Crippen molar-refractivity contribution in [3.63, 3.8) is 0 Å². The van der Waals surface area contributed by atoms with Crippen LogP contribution in [0.1, 0.15) is 15.9 Å². The van der Waals surface area contributed by atoms with Crippen molar-refractivity contribution in [3.05, 3.63) is 65.7 Å². The average molecular weight is 254 g/mol. The zero-order valence-electron chi connectivity index (χ0n) is 10.5. The molecular weight excluding hydrogens is 240 g/mol. The van der Waals surface area contributed by atoms with Crippen molar-refractivity contribution in [1.29, 1.82) is 0 Å². The summed E-state index contributed by atoms with van der Waals surface area (Å²) < 4.78 is 5.12. The molecule has 0 saturated carbocycles. The van der Waals surface area contributed by atoms with E-state index in [0.29, 0.717) is 11.3 Å². The highest BCUT2D eigenvalue weighted by atomic mass is 16.5. The van der Waals surface area contributed by atoms with Crippen LogP contribution >= 0.6 is 0 Å². The van der Waals surface area contributed by atoms with Crippen LogP contribution in [0.3, 0.4) is 0 Å². The molecule has 4 nitrogen and oxygen atoms in total. The lowest BCUT2D eigenvalue weighted by Gasteiger charge is -2.05. The molecule has 0 heterocycles.